The van der Waals surface area contributed by atoms with Crippen LogP contribution in [0.1, 0.15) is 17.0 Å². The number of nitrogens with one attached hydrogen (secondary N) is 1. The molecule has 21 heavy (non-hydrogen) atoms. The number of nitrogens with zero attached hydrogens (tertiary/aromatic N) is 1. The van der Waals surface area contributed by atoms with Crippen molar-refractivity contribution in [2.75, 3.05) is 26.7 Å². The molecule has 2 aromatic rings. The summed E-state index contributed by atoms with van der Waals surface area (Å²) in [6.45, 7) is 2.57. The van der Waals surface area contributed by atoms with Gasteiger partial charge in [-0.1, -0.05) is 12.1 Å². The zero-order valence-corrected chi connectivity index (χ0v) is 14.2. The van der Waals surface area contributed by atoms with E-state index in [0.29, 0.717) is 11.7 Å². The number of rotatable bonds is 3. The molecule has 1 fully saturated rings. The van der Waals surface area contributed by atoms with E-state index in [1.807, 2.05) is 36.2 Å². The lowest BCUT2D eigenvalue weighted by molar-refractivity contribution is 0.0758. The lowest BCUT2D eigenvalue weighted by Crippen LogP contribution is -2.30. The minimum Gasteiger partial charge on any atom is -0.450 e. The fraction of sp³-hybridized carbons (Fsp3) is 0.400. The predicted octanol–water partition coefficient (Wildman–Crippen LogP) is 3.30. The quantitative estimate of drug-likeness (QED) is 0.898. The van der Waals surface area contributed by atoms with Crippen molar-refractivity contribution in [3.63, 3.8) is 0 Å². The highest BCUT2D eigenvalue weighted by Crippen LogP contribution is 2.28. The Morgan fingerprint density at radius 2 is 2.33 bits per heavy atom. The molecule has 0 radical (unpaired) electrons. The molecule has 2 heterocycles. The summed E-state index contributed by atoms with van der Waals surface area (Å²) < 4.78 is 6.59. The molecule has 1 atom stereocenters. The van der Waals surface area contributed by atoms with E-state index in [9.17, 15) is 4.79 Å². The normalized spacial score (nSPS) is 18.0. The molecule has 1 aliphatic heterocycles. The predicted molar refractivity (Wildman–Crippen MR) is 89.1 cm³/mol. The van der Waals surface area contributed by atoms with Crippen LogP contribution in [0.2, 0.25) is 0 Å². The first kappa shape index (κ1) is 16.3. The number of benzene rings is 1. The first-order valence-corrected chi connectivity index (χ1v) is 7.60. The summed E-state index contributed by atoms with van der Waals surface area (Å²) in [6.07, 6.45) is 1.05. The molecule has 1 saturated heterocycles. The number of likely N-dealkylation sites (tertiary alicyclic amines) is 1. The van der Waals surface area contributed by atoms with Gasteiger partial charge in [0, 0.05) is 18.5 Å². The van der Waals surface area contributed by atoms with E-state index < -0.39 is 0 Å². The molecule has 1 aliphatic rings. The number of halogens is 2. The second-order valence-corrected chi connectivity index (χ2v) is 6.09. The van der Waals surface area contributed by atoms with Gasteiger partial charge in [0.2, 0.25) is 0 Å². The van der Waals surface area contributed by atoms with Gasteiger partial charge in [0.1, 0.15) is 5.58 Å². The first-order valence-electron chi connectivity index (χ1n) is 6.81. The molecule has 4 nitrogen and oxygen atoms in total. The van der Waals surface area contributed by atoms with Crippen LogP contribution in [-0.2, 0) is 0 Å². The van der Waals surface area contributed by atoms with Crippen molar-refractivity contribution in [2.24, 2.45) is 5.92 Å². The Bertz CT molecular complexity index is 644. The van der Waals surface area contributed by atoms with Crippen LogP contribution in [0.25, 0.3) is 11.0 Å². The van der Waals surface area contributed by atoms with Gasteiger partial charge in [-0.05, 0) is 54.0 Å². The SMILES string of the molecule is CNCC1CCN(C(=O)c2cc3cccc(Br)c3o2)C1.Cl. The van der Waals surface area contributed by atoms with Crippen molar-refractivity contribution >= 4 is 45.2 Å². The molecule has 1 unspecified atom stereocenters. The van der Waals surface area contributed by atoms with Crippen LogP contribution in [0.4, 0.5) is 0 Å². The average molecular weight is 374 g/mol. The molecule has 0 saturated carbocycles. The number of fused-ring (bicyclic) bond motifs is 1. The van der Waals surface area contributed by atoms with Gasteiger partial charge < -0.3 is 14.6 Å². The Hall–Kier alpha value is -1.04. The van der Waals surface area contributed by atoms with E-state index in [4.69, 9.17) is 4.42 Å². The number of hydrogen-bond acceptors (Lipinski definition) is 3. The maximum absolute atomic E-state index is 12.5. The van der Waals surface area contributed by atoms with E-state index in [-0.39, 0.29) is 18.3 Å². The summed E-state index contributed by atoms with van der Waals surface area (Å²) in [5, 5.41) is 4.12. The highest BCUT2D eigenvalue weighted by molar-refractivity contribution is 9.10. The summed E-state index contributed by atoms with van der Waals surface area (Å²) in [7, 11) is 1.95. The van der Waals surface area contributed by atoms with Crippen molar-refractivity contribution in [1.82, 2.24) is 10.2 Å². The van der Waals surface area contributed by atoms with Gasteiger partial charge in [0.15, 0.2) is 5.76 Å². The monoisotopic (exact) mass is 372 g/mol. The van der Waals surface area contributed by atoms with Crippen LogP contribution >= 0.6 is 28.3 Å². The lowest BCUT2D eigenvalue weighted by Gasteiger charge is -2.14. The van der Waals surface area contributed by atoms with Crippen LogP contribution in [0, 0.1) is 5.92 Å². The number of carbonyl (C=O) groups excluding carboxylic acids is 1. The minimum atomic E-state index is -0.00768. The topological polar surface area (TPSA) is 45.5 Å². The standard InChI is InChI=1S/C15H17BrN2O2.ClH/c1-17-8-10-5-6-18(9-10)15(19)13-7-11-3-2-4-12(16)14(11)20-13;/h2-4,7,10,17H,5-6,8-9H2,1H3;1H. The van der Waals surface area contributed by atoms with Crippen LogP contribution < -0.4 is 5.32 Å². The number of amides is 1. The number of para-hydroxylation sites is 1. The molecule has 0 aliphatic carbocycles. The molecule has 1 aromatic heterocycles. The number of hydrogen-bond donors (Lipinski definition) is 1. The van der Waals surface area contributed by atoms with Gasteiger partial charge in [-0.15, -0.1) is 12.4 Å². The Morgan fingerprint density at radius 1 is 1.52 bits per heavy atom. The van der Waals surface area contributed by atoms with E-state index in [2.05, 4.69) is 21.2 Å². The zero-order chi connectivity index (χ0) is 14.1. The molecule has 1 aromatic carbocycles. The molecule has 1 N–H and O–H groups in total. The summed E-state index contributed by atoms with van der Waals surface area (Å²) in [5.74, 6) is 0.962. The molecule has 0 bridgehead atoms. The zero-order valence-electron chi connectivity index (χ0n) is 11.8. The highest BCUT2D eigenvalue weighted by atomic mass is 79.9. The lowest BCUT2D eigenvalue weighted by atomic mass is 10.1. The fourth-order valence-corrected chi connectivity index (χ4v) is 3.22. The Labute approximate surface area is 138 Å². The average Bonchev–Trinajstić information content (AvgIpc) is 3.05. The van der Waals surface area contributed by atoms with Crippen molar-refractivity contribution in [1.29, 1.82) is 0 Å². The largest absolute Gasteiger partial charge is 0.450 e. The van der Waals surface area contributed by atoms with Crippen LogP contribution in [0.15, 0.2) is 33.2 Å². The maximum atomic E-state index is 12.5. The van der Waals surface area contributed by atoms with Crippen molar-refractivity contribution in [3.05, 3.63) is 34.5 Å². The Morgan fingerprint density at radius 3 is 3.05 bits per heavy atom. The van der Waals surface area contributed by atoms with Crippen molar-refractivity contribution in [2.45, 2.75) is 6.42 Å². The number of furan rings is 1. The summed E-state index contributed by atoms with van der Waals surface area (Å²) in [4.78, 5) is 14.4. The van der Waals surface area contributed by atoms with Crippen LogP contribution in [-0.4, -0.2) is 37.5 Å². The summed E-state index contributed by atoms with van der Waals surface area (Å²) in [5.41, 5.74) is 0.738. The molecular formula is C15H18BrClN2O2. The highest BCUT2D eigenvalue weighted by Gasteiger charge is 2.28. The Balaban J connectivity index is 0.00000161. The van der Waals surface area contributed by atoms with Gasteiger partial charge in [0.05, 0.1) is 4.47 Å². The number of carbonyl (C=O) groups is 1. The van der Waals surface area contributed by atoms with Gasteiger partial charge in [-0.25, -0.2) is 0 Å². The summed E-state index contributed by atoms with van der Waals surface area (Å²) >= 11 is 3.45. The third kappa shape index (κ3) is 3.25. The van der Waals surface area contributed by atoms with Crippen LogP contribution in [0.3, 0.4) is 0 Å². The van der Waals surface area contributed by atoms with E-state index >= 15 is 0 Å². The van der Waals surface area contributed by atoms with Crippen LogP contribution in [0.5, 0.6) is 0 Å². The van der Waals surface area contributed by atoms with Gasteiger partial charge in [0.25, 0.3) is 5.91 Å². The molecule has 0 spiro atoms. The van der Waals surface area contributed by atoms with Crippen molar-refractivity contribution in [3.8, 4) is 0 Å². The molecule has 3 rings (SSSR count). The minimum absolute atomic E-state index is 0. The second kappa shape index (κ2) is 6.81. The van der Waals surface area contributed by atoms with E-state index in [0.717, 1.165) is 41.5 Å². The molecule has 114 valence electrons. The third-order valence-corrected chi connectivity index (χ3v) is 4.40. The van der Waals surface area contributed by atoms with Gasteiger partial charge >= 0.3 is 0 Å². The molecule has 1 amide bonds. The van der Waals surface area contributed by atoms with Gasteiger partial charge in [-0.2, -0.15) is 0 Å². The van der Waals surface area contributed by atoms with Gasteiger partial charge in [-0.3, -0.25) is 4.79 Å². The molecular weight excluding hydrogens is 356 g/mol. The van der Waals surface area contributed by atoms with E-state index in [1.54, 1.807) is 0 Å². The molecule has 6 heteroatoms. The van der Waals surface area contributed by atoms with Crippen molar-refractivity contribution < 1.29 is 9.21 Å². The summed E-state index contributed by atoms with van der Waals surface area (Å²) in [6, 6.07) is 7.63. The maximum Gasteiger partial charge on any atom is 0.289 e. The van der Waals surface area contributed by atoms with E-state index in [1.165, 1.54) is 0 Å². The third-order valence-electron chi connectivity index (χ3n) is 3.77. The first-order chi connectivity index (χ1) is 9.69. The Kier molecular flexibility index (Phi) is 5.30. The smallest absolute Gasteiger partial charge is 0.289 e. The second-order valence-electron chi connectivity index (χ2n) is 5.23. The fourth-order valence-electron chi connectivity index (χ4n) is 2.76.